The van der Waals surface area contributed by atoms with Crippen LogP contribution >= 0.6 is 0 Å². The van der Waals surface area contributed by atoms with Crippen LogP contribution in [0.15, 0.2) is 48.5 Å². The van der Waals surface area contributed by atoms with Gasteiger partial charge in [0.05, 0.1) is 11.7 Å². The van der Waals surface area contributed by atoms with Crippen molar-refractivity contribution in [2.75, 3.05) is 18.5 Å². The van der Waals surface area contributed by atoms with E-state index in [1.54, 1.807) is 30.3 Å². The second kappa shape index (κ2) is 7.81. The lowest BCUT2D eigenvalue weighted by atomic mass is 10.1. The Morgan fingerprint density at radius 2 is 1.96 bits per heavy atom. The predicted molar refractivity (Wildman–Crippen MR) is 92.3 cm³/mol. The second-order valence-corrected chi connectivity index (χ2v) is 5.81. The third-order valence-corrected chi connectivity index (χ3v) is 3.92. The van der Waals surface area contributed by atoms with Crippen LogP contribution in [0.5, 0.6) is 5.75 Å². The number of hydrogen-bond acceptors (Lipinski definition) is 4. The van der Waals surface area contributed by atoms with Crippen molar-refractivity contribution < 1.29 is 24.2 Å². The van der Waals surface area contributed by atoms with Crippen molar-refractivity contribution in [3.63, 3.8) is 0 Å². The van der Waals surface area contributed by atoms with Crippen LogP contribution in [-0.4, -0.2) is 36.3 Å². The first kappa shape index (κ1) is 17.0. The Morgan fingerprint density at radius 3 is 2.72 bits per heavy atom. The SMILES string of the molecule is O=C(O)c1cccc(C(=O)Nc2cccc(OCC3CCCO3)c2)c1. The van der Waals surface area contributed by atoms with Crippen molar-refractivity contribution in [1.82, 2.24) is 0 Å². The second-order valence-electron chi connectivity index (χ2n) is 5.81. The van der Waals surface area contributed by atoms with Gasteiger partial charge in [-0.1, -0.05) is 12.1 Å². The zero-order chi connectivity index (χ0) is 17.6. The molecular formula is C19H19NO5. The normalized spacial score (nSPS) is 16.4. The fourth-order valence-corrected chi connectivity index (χ4v) is 2.63. The Bertz CT molecular complexity index is 768. The van der Waals surface area contributed by atoms with Crippen LogP contribution in [0.25, 0.3) is 0 Å². The van der Waals surface area contributed by atoms with Gasteiger partial charge in [0.25, 0.3) is 5.91 Å². The molecule has 2 aromatic rings. The van der Waals surface area contributed by atoms with E-state index in [9.17, 15) is 9.59 Å². The molecule has 0 bridgehead atoms. The summed E-state index contributed by atoms with van der Waals surface area (Å²) in [5, 5.41) is 11.8. The van der Waals surface area contributed by atoms with Crippen LogP contribution in [-0.2, 0) is 4.74 Å². The maximum atomic E-state index is 12.3. The highest BCUT2D eigenvalue weighted by atomic mass is 16.5. The number of rotatable bonds is 6. The van der Waals surface area contributed by atoms with E-state index in [4.69, 9.17) is 14.6 Å². The van der Waals surface area contributed by atoms with Gasteiger partial charge in [-0.25, -0.2) is 4.79 Å². The van der Waals surface area contributed by atoms with Gasteiger partial charge in [-0.05, 0) is 43.2 Å². The molecule has 2 N–H and O–H groups in total. The minimum absolute atomic E-state index is 0.0706. The van der Waals surface area contributed by atoms with E-state index in [-0.39, 0.29) is 23.1 Å². The highest BCUT2D eigenvalue weighted by molar-refractivity contribution is 6.05. The van der Waals surface area contributed by atoms with E-state index in [2.05, 4.69) is 5.32 Å². The molecular weight excluding hydrogens is 322 g/mol. The van der Waals surface area contributed by atoms with Gasteiger partial charge in [0.2, 0.25) is 0 Å². The highest BCUT2D eigenvalue weighted by Crippen LogP contribution is 2.20. The number of carbonyl (C=O) groups excluding carboxylic acids is 1. The topological polar surface area (TPSA) is 84.9 Å². The van der Waals surface area contributed by atoms with Crippen molar-refractivity contribution in [3.8, 4) is 5.75 Å². The minimum Gasteiger partial charge on any atom is -0.491 e. The van der Waals surface area contributed by atoms with Gasteiger partial charge in [-0.3, -0.25) is 4.79 Å². The van der Waals surface area contributed by atoms with E-state index in [0.717, 1.165) is 19.4 Å². The highest BCUT2D eigenvalue weighted by Gasteiger charge is 2.16. The summed E-state index contributed by atoms with van der Waals surface area (Å²) in [5.74, 6) is -0.800. The molecule has 3 rings (SSSR count). The van der Waals surface area contributed by atoms with E-state index in [0.29, 0.717) is 18.0 Å². The van der Waals surface area contributed by atoms with E-state index >= 15 is 0 Å². The van der Waals surface area contributed by atoms with Crippen LogP contribution in [0.3, 0.4) is 0 Å². The van der Waals surface area contributed by atoms with E-state index in [1.807, 2.05) is 6.07 Å². The number of hydrogen-bond donors (Lipinski definition) is 2. The van der Waals surface area contributed by atoms with Gasteiger partial charge in [0, 0.05) is 23.9 Å². The third-order valence-electron chi connectivity index (χ3n) is 3.92. The fourth-order valence-electron chi connectivity index (χ4n) is 2.63. The summed E-state index contributed by atoms with van der Waals surface area (Å²) in [6.45, 7) is 1.26. The minimum atomic E-state index is -1.07. The molecule has 0 radical (unpaired) electrons. The molecule has 2 aromatic carbocycles. The van der Waals surface area contributed by atoms with Crippen molar-refractivity contribution >= 4 is 17.6 Å². The fraction of sp³-hybridized carbons (Fsp3) is 0.263. The van der Waals surface area contributed by atoms with Gasteiger partial charge in [0.1, 0.15) is 12.4 Å². The molecule has 0 aliphatic carbocycles. The Kier molecular flexibility index (Phi) is 5.30. The van der Waals surface area contributed by atoms with Gasteiger partial charge < -0.3 is 19.9 Å². The third kappa shape index (κ3) is 4.58. The summed E-state index contributed by atoms with van der Waals surface area (Å²) in [6, 6.07) is 13.0. The molecule has 1 atom stereocenters. The maximum Gasteiger partial charge on any atom is 0.335 e. The largest absolute Gasteiger partial charge is 0.491 e. The average Bonchev–Trinajstić information content (AvgIpc) is 3.14. The first-order valence-corrected chi connectivity index (χ1v) is 8.11. The average molecular weight is 341 g/mol. The molecule has 130 valence electrons. The summed E-state index contributed by atoms with van der Waals surface area (Å²) in [4.78, 5) is 23.3. The lowest BCUT2D eigenvalue weighted by Gasteiger charge is -2.12. The molecule has 25 heavy (non-hydrogen) atoms. The summed E-state index contributed by atoms with van der Waals surface area (Å²) in [5.41, 5.74) is 0.933. The maximum absolute atomic E-state index is 12.3. The molecule has 6 heteroatoms. The van der Waals surface area contributed by atoms with Crippen LogP contribution in [0.1, 0.15) is 33.6 Å². The van der Waals surface area contributed by atoms with Gasteiger partial charge in [0.15, 0.2) is 0 Å². The number of anilines is 1. The number of carboxylic acid groups (broad SMARTS) is 1. The molecule has 1 fully saturated rings. The standard InChI is InChI=1S/C19H19NO5/c21-18(13-4-1-5-14(10-13)19(22)23)20-15-6-2-7-16(11-15)25-12-17-8-3-9-24-17/h1-2,4-7,10-11,17H,3,8-9,12H2,(H,20,21)(H,22,23). The van der Waals surface area contributed by atoms with Crippen molar-refractivity contribution in [2.24, 2.45) is 0 Å². The smallest absolute Gasteiger partial charge is 0.335 e. The number of carboxylic acids is 1. The Labute approximate surface area is 145 Å². The van der Waals surface area contributed by atoms with Crippen molar-refractivity contribution in [3.05, 3.63) is 59.7 Å². The first-order valence-electron chi connectivity index (χ1n) is 8.11. The van der Waals surface area contributed by atoms with Gasteiger partial charge in [-0.2, -0.15) is 0 Å². The zero-order valence-electron chi connectivity index (χ0n) is 13.6. The number of nitrogens with one attached hydrogen (secondary N) is 1. The lowest BCUT2D eigenvalue weighted by molar-refractivity contribution is 0.0679. The van der Waals surface area contributed by atoms with E-state index < -0.39 is 5.97 Å². The number of benzene rings is 2. The van der Waals surface area contributed by atoms with Crippen LogP contribution in [0, 0.1) is 0 Å². The molecule has 0 spiro atoms. The molecule has 0 saturated carbocycles. The van der Waals surface area contributed by atoms with Crippen LogP contribution in [0.4, 0.5) is 5.69 Å². The molecule has 1 unspecified atom stereocenters. The summed E-state index contributed by atoms with van der Waals surface area (Å²) >= 11 is 0. The molecule has 1 heterocycles. The van der Waals surface area contributed by atoms with Crippen LogP contribution < -0.4 is 10.1 Å². The number of carbonyl (C=O) groups is 2. The predicted octanol–water partition coefficient (Wildman–Crippen LogP) is 3.19. The van der Waals surface area contributed by atoms with Gasteiger partial charge in [-0.15, -0.1) is 0 Å². The van der Waals surface area contributed by atoms with Crippen LogP contribution in [0.2, 0.25) is 0 Å². The molecule has 1 saturated heterocycles. The Hall–Kier alpha value is -2.86. The molecule has 1 aliphatic rings. The number of aromatic carboxylic acids is 1. The van der Waals surface area contributed by atoms with Gasteiger partial charge >= 0.3 is 5.97 Å². The molecule has 1 amide bonds. The number of ether oxygens (including phenoxy) is 2. The monoisotopic (exact) mass is 341 g/mol. The molecule has 1 aliphatic heterocycles. The number of amides is 1. The quantitative estimate of drug-likeness (QED) is 0.843. The van der Waals surface area contributed by atoms with E-state index in [1.165, 1.54) is 12.1 Å². The molecule has 6 nitrogen and oxygen atoms in total. The Balaban J connectivity index is 1.63. The Morgan fingerprint density at radius 1 is 1.16 bits per heavy atom. The summed E-state index contributed by atoms with van der Waals surface area (Å²) < 4.78 is 11.2. The molecule has 0 aromatic heterocycles. The zero-order valence-corrected chi connectivity index (χ0v) is 13.6. The lowest BCUT2D eigenvalue weighted by Crippen LogP contribution is -2.16. The summed E-state index contributed by atoms with van der Waals surface area (Å²) in [6.07, 6.45) is 2.17. The first-order chi connectivity index (χ1) is 12.1. The van der Waals surface area contributed by atoms with Crippen molar-refractivity contribution in [1.29, 1.82) is 0 Å². The van der Waals surface area contributed by atoms with Crippen molar-refractivity contribution in [2.45, 2.75) is 18.9 Å². The summed E-state index contributed by atoms with van der Waals surface area (Å²) in [7, 11) is 0.